The molecule has 0 radical (unpaired) electrons. The van der Waals surface area contributed by atoms with Crippen molar-refractivity contribution in [3.05, 3.63) is 15.8 Å². The molecule has 4 nitrogen and oxygen atoms in total. The van der Waals surface area contributed by atoms with Gasteiger partial charge in [0.15, 0.2) is 0 Å². The highest BCUT2D eigenvalue weighted by molar-refractivity contribution is 7.89. The van der Waals surface area contributed by atoms with Crippen LogP contribution in [0.2, 0.25) is 0 Å². The third-order valence-electron chi connectivity index (χ3n) is 3.63. The predicted octanol–water partition coefficient (Wildman–Crippen LogP) is 2.51. The smallest absolute Gasteiger partial charge is 0.244 e. The van der Waals surface area contributed by atoms with Crippen molar-refractivity contribution in [1.29, 1.82) is 0 Å². The first kappa shape index (κ1) is 16.2. The Hall–Kier alpha value is -0.140. The van der Waals surface area contributed by atoms with Crippen LogP contribution in [0, 0.1) is 6.92 Å². The summed E-state index contributed by atoms with van der Waals surface area (Å²) in [6.45, 7) is 6.11. The summed E-state index contributed by atoms with van der Waals surface area (Å²) >= 11 is 7.28. The average Bonchev–Trinajstić information content (AvgIpc) is 2.67. The zero-order valence-electron chi connectivity index (χ0n) is 12.1. The van der Waals surface area contributed by atoms with Gasteiger partial charge in [-0.1, -0.05) is 0 Å². The molecule has 7 heteroatoms. The Morgan fingerprint density at radius 1 is 1.45 bits per heavy atom. The molecule has 1 aromatic rings. The van der Waals surface area contributed by atoms with Gasteiger partial charge in [-0.2, -0.15) is 4.31 Å². The second-order valence-corrected chi connectivity index (χ2v) is 8.81. The first-order valence-corrected chi connectivity index (χ1v) is 9.51. The summed E-state index contributed by atoms with van der Waals surface area (Å²) in [6.07, 6.45) is 0.867. The monoisotopic (exact) mass is 336 g/mol. The lowest BCUT2D eigenvalue weighted by molar-refractivity contribution is 0.290. The number of hydrogen-bond donors (Lipinski definition) is 0. The second-order valence-electron chi connectivity index (χ2n) is 5.35. The number of alkyl halides is 1. The van der Waals surface area contributed by atoms with Crippen LogP contribution in [0.5, 0.6) is 0 Å². The molecule has 114 valence electrons. The van der Waals surface area contributed by atoms with Crippen molar-refractivity contribution in [2.24, 2.45) is 0 Å². The maximum atomic E-state index is 12.9. The zero-order valence-corrected chi connectivity index (χ0v) is 14.5. The Morgan fingerprint density at radius 2 is 2.15 bits per heavy atom. The fourth-order valence-corrected chi connectivity index (χ4v) is 6.04. The molecule has 1 fully saturated rings. The highest BCUT2D eigenvalue weighted by Gasteiger charge is 2.33. The topological polar surface area (TPSA) is 40.6 Å². The molecule has 1 aromatic heterocycles. The quantitative estimate of drug-likeness (QED) is 0.796. The number of halogens is 1. The Morgan fingerprint density at radius 3 is 2.75 bits per heavy atom. The van der Waals surface area contributed by atoms with E-state index in [0.29, 0.717) is 17.3 Å². The van der Waals surface area contributed by atoms with Crippen molar-refractivity contribution in [3.63, 3.8) is 0 Å². The minimum absolute atomic E-state index is 0.00810. The normalized spacial score (nSPS) is 22.9. The summed E-state index contributed by atoms with van der Waals surface area (Å²) in [7, 11) is -1.38. The Bertz CT molecular complexity index is 571. The number of thiophene rings is 1. The minimum atomic E-state index is -3.42. The van der Waals surface area contributed by atoms with Gasteiger partial charge in [0, 0.05) is 28.9 Å². The summed E-state index contributed by atoms with van der Waals surface area (Å²) in [5, 5.41) is 0. The van der Waals surface area contributed by atoms with Crippen LogP contribution in [0.25, 0.3) is 0 Å². The number of sulfonamides is 1. The van der Waals surface area contributed by atoms with Gasteiger partial charge in [-0.05, 0) is 39.9 Å². The van der Waals surface area contributed by atoms with Gasteiger partial charge in [0.1, 0.15) is 0 Å². The van der Waals surface area contributed by atoms with Crippen LogP contribution >= 0.6 is 22.9 Å². The van der Waals surface area contributed by atoms with Crippen LogP contribution in [0.3, 0.4) is 0 Å². The van der Waals surface area contributed by atoms with Crippen molar-refractivity contribution < 1.29 is 8.42 Å². The van der Waals surface area contributed by atoms with Gasteiger partial charge in [-0.3, -0.25) is 0 Å². The van der Waals surface area contributed by atoms with E-state index in [1.165, 1.54) is 11.3 Å². The Kier molecular flexibility index (Phi) is 5.13. The minimum Gasteiger partial charge on any atom is -0.305 e. The summed E-state index contributed by atoms with van der Waals surface area (Å²) in [5.41, 5.74) is 0. The molecular formula is C13H21ClN2O2S2. The molecule has 0 N–H and O–H groups in total. The highest BCUT2D eigenvalue weighted by atomic mass is 35.5. The SMILES string of the molecule is Cc1sc(CCl)cc1S(=O)(=O)N1CCCN(C)CC1C. The lowest BCUT2D eigenvalue weighted by Gasteiger charge is -2.27. The molecule has 20 heavy (non-hydrogen) atoms. The lowest BCUT2D eigenvalue weighted by Crippen LogP contribution is -2.41. The molecule has 1 aliphatic heterocycles. The highest BCUT2D eigenvalue weighted by Crippen LogP contribution is 2.30. The molecular weight excluding hydrogens is 316 g/mol. The van der Waals surface area contributed by atoms with Crippen molar-refractivity contribution in [3.8, 4) is 0 Å². The number of aryl methyl sites for hydroxylation is 1. The second kappa shape index (κ2) is 6.32. The molecule has 0 saturated carbocycles. The molecule has 0 spiro atoms. The standard InChI is InChI=1S/C13H21ClN2O2S2/c1-10-9-15(3)5-4-6-16(10)20(17,18)13-7-12(8-14)19-11(13)2/h7,10H,4-6,8-9H2,1-3H3. The molecule has 0 aromatic carbocycles. The average molecular weight is 337 g/mol. The molecule has 1 unspecified atom stereocenters. The first-order valence-electron chi connectivity index (χ1n) is 6.72. The fourth-order valence-electron chi connectivity index (χ4n) is 2.68. The van der Waals surface area contributed by atoms with Gasteiger partial charge in [-0.25, -0.2) is 8.42 Å². The van der Waals surface area contributed by atoms with Crippen molar-refractivity contribution in [2.45, 2.75) is 37.1 Å². The molecule has 1 atom stereocenters. The number of nitrogens with zero attached hydrogens (tertiary/aromatic N) is 2. The molecule has 2 rings (SSSR count). The van der Waals surface area contributed by atoms with Gasteiger partial charge in [0.2, 0.25) is 10.0 Å². The fraction of sp³-hybridized carbons (Fsp3) is 0.692. The van der Waals surface area contributed by atoms with E-state index in [2.05, 4.69) is 4.90 Å². The molecule has 1 aliphatic rings. The largest absolute Gasteiger partial charge is 0.305 e. The van der Waals surface area contributed by atoms with Gasteiger partial charge < -0.3 is 4.90 Å². The van der Waals surface area contributed by atoms with Crippen LogP contribution in [-0.4, -0.2) is 50.3 Å². The van der Waals surface area contributed by atoms with Crippen molar-refractivity contribution >= 4 is 33.0 Å². The lowest BCUT2D eigenvalue weighted by atomic mass is 10.3. The summed E-state index contributed by atoms with van der Waals surface area (Å²) in [6, 6.07) is 1.72. The van der Waals surface area contributed by atoms with Gasteiger partial charge >= 0.3 is 0 Å². The summed E-state index contributed by atoms with van der Waals surface area (Å²) in [5.74, 6) is 0.360. The third kappa shape index (κ3) is 3.20. The summed E-state index contributed by atoms with van der Waals surface area (Å²) in [4.78, 5) is 4.34. The van der Waals surface area contributed by atoms with E-state index in [-0.39, 0.29) is 6.04 Å². The van der Waals surface area contributed by atoms with E-state index < -0.39 is 10.0 Å². The van der Waals surface area contributed by atoms with E-state index in [1.807, 2.05) is 20.9 Å². The zero-order chi connectivity index (χ0) is 14.9. The van der Waals surface area contributed by atoms with Crippen LogP contribution < -0.4 is 0 Å². The first-order chi connectivity index (χ1) is 9.36. The number of likely N-dealkylation sites (N-methyl/N-ethyl adjacent to an activating group) is 1. The maximum absolute atomic E-state index is 12.9. The van der Waals surface area contributed by atoms with E-state index in [4.69, 9.17) is 11.6 Å². The van der Waals surface area contributed by atoms with Crippen LogP contribution in [0.15, 0.2) is 11.0 Å². The summed E-state index contributed by atoms with van der Waals surface area (Å²) < 4.78 is 27.4. The van der Waals surface area contributed by atoms with Gasteiger partial charge in [0.05, 0.1) is 10.8 Å². The molecule has 2 heterocycles. The third-order valence-corrected chi connectivity index (χ3v) is 7.39. The van der Waals surface area contributed by atoms with Gasteiger partial charge in [0.25, 0.3) is 0 Å². The van der Waals surface area contributed by atoms with Gasteiger partial charge in [-0.15, -0.1) is 22.9 Å². The number of hydrogen-bond acceptors (Lipinski definition) is 4. The molecule has 0 aliphatic carbocycles. The van der Waals surface area contributed by atoms with Crippen LogP contribution in [0.4, 0.5) is 0 Å². The van der Waals surface area contributed by atoms with E-state index in [0.717, 1.165) is 29.3 Å². The van der Waals surface area contributed by atoms with E-state index in [9.17, 15) is 8.42 Å². The Balaban J connectivity index is 2.35. The van der Waals surface area contributed by atoms with E-state index in [1.54, 1.807) is 10.4 Å². The molecule has 0 bridgehead atoms. The van der Waals surface area contributed by atoms with Crippen LogP contribution in [0.1, 0.15) is 23.1 Å². The Labute approximate surface area is 130 Å². The molecule has 0 amide bonds. The van der Waals surface area contributed by atoms with E-state index >= 15 is 0 Å². The number of rotatable bonds is 3. The van der Waals surface area contributed by atoms with Crippen LogP contribution in [-0.2, 0) is 15.9 Å². The molecule has 1 saturated heterocycles. The maximum Gasteiger partial charge on any atom is 0.244 e. The van der Waals surface area contributed by atoms with Crippen molar-refractivity contribution in [2.75, 3.05) is 26.7 Å². The predicted molar refractivity (Wildman–Crippen MR) is 84.1 cm³/mol. The van der Waals surface area contributed by atoms with Crippen molar-refractivity contribution in [1.82, 2.24) is 9.21 Å².